The first-order valence-electron chi connectivity index (χ1n) is 10.5. The average Bonchev–Trinajstić information content (AvgIpc) is 3.20. The third-order valence-electron chi connectivity index (χ3n) is 5.08. The standard InChI is InChI=1S/C26H24N2O5.Na/c1-3-32-27-24(18-8-7-11-21(14-18)33-19-9-5-4-6-10-19)17-28-16-23(26(29)30)22-13-12-20(31-2)15-25(22)28;/h4-16H,3,17H2,1-2H3,(H,29,30);/q;+1/p-1/b27-24+;. The molecule has 3 aromatic carbocycles. The van der Waals surface area contributed by atoms with Crippen molar-refractivity contribution in [3.63, 3.8) is 0 Å². The molecule has 0 radical (unpaired) electrons. The molecule has 0 aliphatic rings. The Morgan fingerprint density at radius 1 is 0.971 bits per heavy atom. The molecule has 4 aromatic rings. The molecule has 0 fully saturated rings. The Labute approximate surface area is 219 Å². The molecular weight excluding hydrogens is 443 g/mol. The van der Waals surface area contributed by atoms with Crippen LogP contribution in [0.2, 0.25) is 0 Å². The number of oxime groups is 1. The van der Waals surface area contributed by atoms with E-state index in [9.17, 15) is 9.90 Å². The van der Waals surface area contributed by atoms with Gasteiger partial charge < -0.3 is 28.8 Å². The van der Waals surface area contributed by atoms with Gasteiger partial charge in [0.1, 0.15) is 29.6 Å². The first-order valence-corrected chi connectivity index (χ1v) is 10.5. The molecule has 34 heavy (non-hydrogen) atoms. The number of aromatic carboxylic acids is 1. The zero-order valence-electron chi connectivity index (χ0n) is 19.4. The van der Waals surface area contributed by atoms with Gasteiger partial charge in [-0.1, -0.05) is 35.5 Å². The number of hydrogen-bond acceptors (Lipinski definition) is 6. The van der Waals surface area contributed by atoms with Crippen LogP contribution in [0.5, 0.6) is 17.2 Å². The van der Waals surface area contributed by atoms with Gasteiger partial charge in [-0.15, -0.1) is 0 Å². The van der Waals surface area contributed by atoms with Crippen molar-refractivity contribution in [3.05, 3.63) is 90.1 Å². The molecule has 0 aliphatic heterocycles. The van der Waals surface area contributed by atoms with Gasteiger partial charge in [0.15, 0.2) is 0 Å². The summed E-state index contributed by atoms with van der Waals surface area (Å²) in [5.74, 6) is 0.746. The second kappa shape index (κ2) is 11.7. The number of carboxylic acid groups (broad SMARTS) is 1. The first-order chi connectivity index (χ1) is 16.1. The topological polar surface area (TPSA) is 85.1 Å². The number of methoxy groups -OCH3 is 1. The predicted molar refractivity (Wildman–Crippen MR) is 124 cm³/mol. The molecule has 0 aliphatic carbocycles. The molecule has 8 heteroatoms. The SMILES string of the molecule is CCO/N=C(\Cn1cc(C(=O)[O-])c2ccc(OC)cc21)c1cccc(Oc2ccccc2)c1.[Na+]. The fraction of sp³-hybridized carbons (Fsp3) is 0.154. The Hall–Kier alpha value is -3.26. The van der Waals surface area contributed by atoms with Crippen LogP contribution in [-0.2, 0) is 11.4 Å². The predicted octanol–water partition coefficient (Wildman–Crippen LogP) is 1.25. The van der Waals surface area contributed by atoms with Gasteiger partial charge >= 0.3 is 29.6 Å². The van der Waals surface area contributed by atoms with Crippen LogP contribution in [0, 0.1) is 0 Å². The van der Waals surface area contributed by atoms with Crippen LogP contribution in [0.4, 0.5) is 0 Å². The van der Waals surface area contributed by atoms with E-state index in [1.807, 2.05) is 61.5 Å². The van der Waals surface area contributed by atoms with Crippen molar-refractivity contribution >= 4 is 22.6 Å². The summed E-state index contributed by atoms with van der Waals surface area (Å²) in [6.07, 6.45) is 1.55. The zero-order chi connectivity index (χ0) is 23.2. The van der Waals surface area contributed by atoms with E-state index in [-0.39, 0.29) is 41.7 Å². The van der Waals surface area contributed by atoms with Crippen molar-refractivity contribution in [3.8, 4) is 17.2 Å². The van der Waals surface area contributed by atoms with Crippen LogP contribution in [0.3, 0.4) is 0 Å². The van der Waals surface area contributed by atoms with Crippen molar-refractivity contribution < 1.29 is 53.8 Å². The summed E-state index contributed by atoms with van der Waals surface area (Å²) < 4.78 is 13.1. The Morgan fingerprint density at radius 2 is 1.74 bits per heavy atom. The summed E-state index contributed by atoms with van der Waals surface area (Å²) >= 11 is 0. The van der Waals surface area contributed by atoms with Gasteiger partial charge in [0, 0.05) is 28.8 Å². The van der Waals surface area contributed by atoms with Crippen LogP contribution in [-0.4, -0.2) is 30.0 Å². The smallest absolute Gasteiger partial charge is 0.545 e. The maximum absolute atomic E-state index is 11.7. The number of nitrogens with zero attached hydrogens (tertiary/aromatic N) is 2. The Balaban J connectivity index is 0.00000324. The Bertz CT molecular complexity index is 1300. The molecule has 7 nitrogen and oxygen atoms in total. The molecule has 168 valence electrons. The third-order valence-corrected chi connectivity index (χ3v) is 5.08. The number of hydrogen-bond donors (Lipinski definition) is 0. The molecule has 1 heterocycles. The van der Waals surface area contributed by atoms with E-state index >= 15 is 0 Å². The normalized spacial score (nSPS) is 11.1. The molecule has 0 amide bonds. The van der Waals surface area contributed by atoms with Crippen molar-refractivity contribution in [2.24, 2.45) is 5.16 Å². The fourth-order valence-corrected chi connectivity index (χ4v) is 3.53. The van der Waals surface area contributed by atoms with Crippen molar-refractivity contribution in [1.29, 1.82) is 0 Å². The van der Waals surface area contributed by atoms with Gasteiger partial charge in [-0.3, -0.25) is 0 Å². The zero-order valence-corrected chi connectivity index (χ0v) is 21.4. The van der Waals surface area contributed by atoms with Crippen LogP contribution in [0.15, 0.2) is 84.1 Å². The van der Waals surface area contributed by atoms with E-state index in [1.54, 1.807) is 36.1 Å². The molecule has 0 atom stereocenters. The van der Waals surface area contributed by atoms with Crippen molar-refractivity contribution in [1.82, 2.24) is 4.57 Å². The number of carbonyl (C=O) groups is 1. The number of benzene rings is 3. The largest absolute Gasteiger partial charge is 1.00 e. The molecule has 0 unspecified atom stereocenters. The van der Waals surface area contributed by atoms with Gasteiger partial charge in [0.25, 0.3) is 0 Å². The van der Waals surface area contributed by atoms with Crippen LogP contribution >= 0.6 is 0 Å². The average molecular weight is 466 g/mol. The molecule has 0 spiro atoms. The molecule has 1 aromatic heterocycles. The van der Waals surface area contributed by atoms with Crippen molar-refractivity contribution in [2.45, 2.75) is 13.5 Å². The summed E-state index contributed by atoms with van der Waals surface area (Å²) in [6.45, 7) is 2.51. The third kappa shape index (κ3) is 5.80. The summed E-state index contributed by atoms with van der Waals surface area (Å²) in [5.41, 5.74) is 2.19. The summed E-state index contributed by atoms with van der Waals surface area (Å²) in [7, 11) is 1.56. The van der Waals surface area contributed by atoms with Crippen LogP contribution in [0.25, 0.3) is 10.9 Å². The second-order valence-electron chi connectivity index (χ2n) is 7.24. The number of fused-ring (bicyclic) bond motifs is 1. The quantitative estimate of drug-likeness (QED) is 0.211. The van der Waals surface area contributed by atoms with E-state index < -0.39 is 5.97 Å². The van der Waals surface area contributed by atoms with Crippen molar-refractivity contribution in [2.75, 3.05) is 13.7 Å². The monoisotopic (exact) mass is 466 g/mol. The minimum atomic E-state index is -1.24. The van der Waals surface area contributed by atoms with E-state index in [4.69, 9.17) is 14.3 Å². The minimum absolute atomic E-state index is 0. The summed E-state index contributed by atoms with van der Waals surface area (Å²) in [5, 5.41) is 16.6. The number of carbonyl (C=O) groups excluding carboxylic acids is 1. The Morgan fingerprint density at radius 3 is 2.44 bits per heavy atom. The number of aromatic nitrogens is 1. The van der Waals surface area contributed by atoms with E-state index in [1.165, 1.54) is 0 Å². The molecule has 0 saturated heterocycles. The van der Waals surface area contributed by atoms with Gasteiger partial charge in [-0.25, -0.2) is 0 Å². The Kier molecular flexibility index (Phi) is 8.76. The molecular formula is C26H23N2NaO5. The maximum Gasteiger partial charge on any atom is 1.00 e. The summed E-state index contributed by atoms with van der Waals surface area (Å²) in [6, 6.07) is 22.2. The van der Waals surface area contributed by atoms with Gasteiger partial charge in [0.2, 0.25) is 0 Å². The van der Waals surface area contributed by atoms with Gasteiger partial charge in [-0.2, -0.15) is 0 Å². The number of para-hydroxylation sites is 1. The van der Waals surface area contributed by atoms with Gasteiger partial charge in [-0.05, 0) is 43.3 Å². The number of ether oxygens (including phenoxy) is 2. The first kappa shape index (κ1) is 25.4. The van der Waals surface area contributed by atoms with Crippen LogP contribution < -0.4 is 44.1 Å². The molecule has 0 N–H and O–H groups in total. The van der Waals surface area contributed by atoms with Crippen LogP contribution in [0.1, 0.15) is 22.8 Å². The molecule has 4 rings (SSSR count). The van der Waals surface area contributed by atoms with E-state index in [2.05, 4.69) is 5.16 Å². The fourth-order valence-electron chi connectivity index (χ4n) is 3.53. The van der Waals surface area contributed by atoms with Gasteiger partial charge in [0.05, 0.1) is 25.1 Å². The van der Waals surface area contributed by atoms with E-state index in [0.29, 0.717) is 34.7 Å². The number of rotatable bonds is 9. The number of carboxylic acids is 1. The second-order valence-corrected chi connectivity index (χ2v) is 7.24. The minimum Gasteiger partial charge on any atom is -0.545 e. The maximum atomic E-state index is 11.7. The molecule has 0 bridgehead atoms. The van der Waals surface area contributed by atoms with E-state index in [0.717, 1.165) is 11.3 Å². The molecule has 0 saturated carbocycles. The summed E-state index contributed by atoms with van der Waals surface area (Å²) in [4.78, 5) is 17.1.